The van der Waals surface area contributed by atoms with Gasteiger partial charge in [0.2, 0.25) is 11.7 Å². The molecule has 2 aromatic carbocycles. The first-order chi connectivity index (χ1) is 13.6. The second-order valence-corrected chi connectivity index (χ2v) is 6.11. The van der Waals surface area contributed by atoms with Crippen molar-refractivity contribution >= 4 is 17.3 Å². The Balaban J connectivity index is 2.12. The molecule has 1 aliphatic rings. The third kappa shape index (κ3) is 3.26. The number of nitriles is 3. The molecule has 0 bridgehead atoms. The number of carbonyl (C=O) groups is 1. The molecule has 28 heavy (non-hydrogen) atoms. The standard InChI is InChI=1S/C22H14N4O2/c23-11-9-14-5-1-3-7-16(14)18(13-25)21-20(27)19(22(26)28-21)17-8-4-2-6-15(17)10-12-24/h1-8,19,26H,9-10H2/b21-18+,26-22?. The molecule has 6 nitrogen and oxygen atoms in total. The average molecular weight is 366 g/mol. The van der Waals surface area contributed by atoms with E-state index in [2.05, 4.69) is 6.07 Å². The SMILES string of the molecule is N#CCc1ccccc1/C(C#N)=C1/OC(=N)C(c2ccccc2CC#N)C1=O. The average Bonchev–Trinajstić information content (AvgIpc) is 2.99. The number of hydrogen-bond acceptors (Lipinski definition) is 6. The number of allylic oxidation sites excluding steroid dienone is 2. The van der Waals surface area contributed by atoms with Crippen LogP contribution in [-0.4, -0.2) is 11.7 Å². The first-order valence-corrected chi connectivity index (χ1v) is 8.47. The van der Waals surface area contributed by atoms with Gasteiger partial charge in [-0.1, -0.05) is 48.5 Å². The molecule has 1 N–H and O–H groups in total. The molecule has 1 heterocycles. The molecule has 6 heteroatoms. The topological polar surface area (TPSA) is 122 Å². The number of ether oxygens (including phenoxy) is 1. The summed E-state index contributed by atoms with van der Waals surface area (Å²) in [7, 11) is 0. The number of nitrogens with zero attached hydrogens (tertiary/aromatic N) is 3. The maximum absolute atomic E-state index is 13.1. The van der Waals surface area contributed by atoms with Crippen LogP contribution in [0.3, 0.4) is 0 Å². The molecule has 0 aliphatic carbocycles. The lowest BCUT2D eigenvalue weighted by molar-refractivity contribution is -0.115. The van der Waals surface area contributed by atoms with Gasteiger partial charge in [0, 0.05) is 5.56 Å². The van der Waals surface area contributed by atoms with Crippen LogP contribution in [0.1, 0.15) is 28.2 Å². The molecule has 1 unspecified atom stereocenters. The van der Waals surface area contributed by atoms with E-state index in [4.69, 9.17) is 20.7 Å². The van der Waals surface area contributed by atoms with Crippen molar-refractivity contribution in [2.24, 2.45) is 0 Å². The van der Waals surface area contributed by atoms with E-state index < -0.39 is 11.7 Å². The van der Waals surface area contributed by atoms with Crippen molar-refractivity contribution < 1.29 is 9.53 Å². The van der Waals surface area contributed by atoms with Crippen molar-refractivity contribution in [2.45, 2.75) is 18.8 Å². The first-order valence-electron chi connectivity index (χ1n) is 8.47. The zero-order valence-corrected chi connectivity index (χ0v) is 14.8. The molecule has 0 saturated carbocycles. The minimum atomic E-state index is -0.994. The second kappa shape index (κ2) is 7.99. The normalized spacial score (nSPS) is 17.2. The Kier molecular flexibility index (Phi) is 5.30. The number of rotatable bonds is 4. The highest BCUT2D eigenvalue weighted by Gasteiger charge is 2.41. The summed E-state index contributed by atoms with van der Waals surface area (Å²) in [5.41, 5.74) is 2.21. The Labute approximate surface area is 162 Å². The third-order valence-electron chi connectivity index (χ3n) is 4.49. The van der Waals surface area contributed by atoms with Gasteiger partial charge in [-0.2, -0.15) is 15.8 Å². The van der Waals surface area contributed by atoms with E-state index in [1.165, 1.54) is 0 Å². The maximum Gasteiger partial charge on any atom is 0.216 e. The molecule has 0 aromatic heterocycles. The van der Waals surface area contributed by atoms with Gasteiger partial charge in [0.25, 0.3) is 0 Å². The number of carbonyl (C=O) groups excluding carboxylic acids is 1. The molecule has 134 valence electrons. The summed E-state index contributed by atoms with van der Waals surface area (Å²) in [5, 5.41) is 35.9. The summed E-state index contributed by atoms with van der Waals surface area (Å²) in [6, 6.07) is 19.8. The van der Waals surface area contributed by atoms with E-state index in [0.29, 0.717) is 22.3 Å². The number of hydrogen-bond donors (Lipinski definition) is 1. The summed E-state index contributed by atoms with van der Waals surface area (Å²) in [5.74, 6) is -1.98. The molecule has 1 fully saturated rings. The maximum atomic E-state index is 13.1. The Hall–Kier alpha value is -4.21. The quantitative estimate of drug-likeness (QED) is 0.656. The highest BCUT2D eigenvalue weighted by atomic mass is 16.5. The molecule has 0 spiro atoms. The van der Waals surface area contributed by atoms with Crippen LogP contribution >= 0.6 is 0 Å². The van der Waals surface area contributed by atoms with E-state index in [1.54, 1.807) is 48.5 Å². The van der Waals surface area contributed by atoms with Crippen LogP contribution in [0.4, 0.5) is 0 Å². The summed E-state index contributed by atoms with van der Waals surface area (Å²) in [6.07, 6.45) is 0.178. The lowest BCUT2D eigenvalue weighted by atomic mass is 9.88. The fourth-order valence-corrected chi connectivity index (χ4v) is 3.22. The predicted molar refractivity (Wildman–Crippen MR) is 101 cm³/mol. The molecular weight excluding hydrogens is 352 g/mol. The summed E-state index contributed by atoms with van der Waals surface area (Å²) >= 11 is 0. The monoisotopic (exact) mass is 366 g/mol. The van der Waals surface area contributed by atoms with Gasteiger partial charge in [0.05, 0.1) is 25.0 Å². The van der Waals surface area contributed by atoms with Gasteiger partial charge in [-0.3, -0.25) is 10.2 Å². The molecule has 2 aromatic rings. The molecule has 1 aliphatic heterocycles. The third-order valence-corrected chi connectivity index (χ3v) is 4.49. The van der Waals surface area contributed by atoms with Crippen molar-refractivity contribution in [3.63, 3.8) is 0 Å². The van der Waals surface area contributed by atoms with Crippen LogP contribution in [0, 0.1) is 39.4 Å². The van der Waals surface area contributed by atoms with E-state index in [0.717, 1.165) is 0 Å². The van der Waals surface area contributed by atoms with Crippen molar-refractivity contribution in [1.82, 2.24) is 0 Å². The summed E-state index contributed by atoms with van der Waals surface area (Å²) in [4.78, 5) is 13.1. The van der Waals surface area contributed by atoms with Crippen LogP contribution in [0.5, 0.6) is 0 Å². The van der Waals surface area contributed by atoms with Crippen LogP contribution in [0.25, 0.3) is 5.57 Å². The number of nitrogens with one attached hydrogen (secondary N) is 1. The zero-order valence-electron chi connectivity index (χ0n) is 14.8. The van der Waals surface area contributed by atoms with Gasteiger partial charge in [-0.05, 0) is 16.7 Å². The zero-order chi connectivity index (χ0) is 20.1. The first kappa shape index (κ1) is 18.6. The lowest BCUT2D eigenvalue weighted by Crippen LogP contribution is -2.14. The lowest BCUT2D eigenvalue weighted by Gasteiger charge is -2.10. The van der Waals surface area contributed by atoms with Crippen LogP contribution in [0.2, 0.25) is 0 Å². The molecule has 0 radical (unpaired) electrons. The summed E-state index contributed by atoms with van der Waals surface area (Å²) < 4.78 is 5.44. The van der Waals surface area contributed by atoms with Crippen molar-refractivity contribution in [2.75, 3.05) is 0 Å². The number of Topliss-reactive ketones (excluding diaryl/α,β-unsaturated/α-hetero) is 1. The highest BCUT2D eigenvalue weighted by molar-refractivity contribution is 6.22. The fourth-order valence-electron chi connectivity index (χ4n) is 3.22. The van der Waals surface area contributed by atoms with Gasteiger partial charge in [0.15, 0.2) is 5.76 Å². The minimum absolute atomic E-state index is 0.000800. The van der Waals surface area contributed by atoms with E-state index in [9.17, 15) is 10.1 Å². The molecule has 1 saturated heterocycles. The van der Waals surface area contributed by atoms with Gasteiger partial charge in [-0.15, -0.1) is 0 Å². The van der Waals surface area contributed by atoms with Gasteiger partial charge in [-0.25, -0.2) is 0 Å². The molecule has 0 amide bonds. The van der Waals surface area contributed by atoms with Crippen LogP contribution in [-0.2, 0) is 22.4 Å². The Morgan fingerprint density at radius 1 is 0.964 bits per heavy atom. The van der Waals surface area contributed by atoms with E-state index >= 15 is 0 Å². The second-order valence-electron chi connectivity index (χ2n) is 6.11. The smallest absolute Gasteiger partial charge is 0.216 e. The molecule has 1 atom stereocenters. The van der Waals surface area contributed by atoms with Gasteiger partial charge >= 0.3 is 0 Å². The minimum Gasteiger partial charge on any atom is -0.437 e. The fraction of sp³-hybridized carbons (Fsp3) is 0.136. The van der Waals surface area contributed by atoms with E-state index in [1.807, 2.05) is 12.1 Å². The molecule has 3 rings (SSSR count). The predicted octanol–water partition coefficient (Wildman–Crippen LogP) is 3.41. The van der Waals surface area contributed by atoms with Crippen LogP contribution < -0.4 is 0 Å². The summed E-state index contributed by atoms with van der Waals surface area (Å²) in [6.45, 7) is 0. The van der Waals surface area contributed by atoms with Gasteiger partial charge < -0.3 is 4.74 Å². The van der Waals surface area contributed by atoms with Crippen molar-refractivity contribution in [1.29, 1.82) is 21.2 Å². The Morgan fingerprint density at radius 3 is 2.25 bits per heavy atom. The number of ketones is 1. The van der Waals surface area contributed by atoms with Crippen molar-refractivity contribution in [3.05, 3.63) is 76.5 Å². The number of benzene rings is 2. The Morgan fingerprint density at radius 2 is 1.57 bits per heavy atom. The van der Waals surface area contributed by atoms with Gasteiger partial charge in [0.1, 0.15) is 17.6 Å². The Bertz CT molecular complexity index is 1130. The van der Waals surface area contributed by atoms with E-state index in [-0.39, 0.29) is 30.1 Å². The largest absolute Gasteiger partial charge is 0.437 e. The van der Waals surface area contributed by atoms with Crippen molar-refractivity contribution in [3.8, 4) is 18.2 Å². The molecular formula is C22H14N4O2. The highest BCUT2D eigenvalue weighted by Crippen LogP contribution is 2.36. The van der Waals surface area contributed by atoms with Crippen LogP contribution in [0.15, 0.2) is 54.3 Å².